The lowest BCUT2D eigenvalue weighted by Gasteiger charge is -2.39. The molecule has 2 aromatic rings. The van der Waals surface area contributed by atoms with Crippen molar-refractivity contribution in [3.05, 3.63) is 36.3 Å². The molecule has 1 saturated carbocycles. The average molecular weight is 325 g/mol. The van der Waals surface area contributed by atoms with Gasteiger partial charge in [0.05, 0.1) is 0 Å². The molecule has 2 fully saturated rings. The van der Waals surface area contributed by atoms with Crippen molar-refractivity contribution in [2.24, 2.45) is 10.8 Å². The standard InChI is InChI=1S/C19H23N3O2/c1-18(2)8-14-9-19(3,11-18)12-22(14)17(23)15-7-16(24-21-15)13-5-4-6-20-10-13/h4-7,10,14H,8-9,11-12H2,1-3H3. The van der Waals surface area contributed by atoms with E-state index in [2.05, 4.69) is 30.9 Å². The number of likely N-dealkylation sites (tertiary alicyclic amines) is 1. The summed E-state index contributed by atoms with van der Waals surface area (Å²) >= 11 is 0. The van der Waals surface area contributed by atoms with Gasteiger partial charge in [-0.05, 0) is 42.2 Å². The Morgan fingerprint density at radius 2 is 2.17 bits per heavy atom. The number of nitrogens with zero attached hydrogens (tertiary/aromatic N) is 3. The molecule has 2 atom stereocenters. The number of hydrogen-bond donors (Lipinski definition) is 0. The first-order chi connectivity index (χ1) is 11.4. The molecule has 0 aromatic carbocycles. The van der Waals surface area contributed by atoms with E-state index in [0.717, 1.165) is 24.9 Å². The molecular weight excluding hydrogens is 302 g/mol. The van der Waals surface area contributed by atoms with Gasteiger partial charge in [0, 0.05) is 36.6 Å². The predicted octanol–water partition coefficient (Wildman–Crippen LogP) is 3.78. The quantitative estimate of drug-likeness (QED) is 0.843. The second-order valence-electron chi connectivity index (χ2n) is 8.46. The van der Waals surface area contributed by atoms with Crippen LogP contribution in [0.5, 0.6) is 0 Å². The van der Waals surface area contributed by atoms with Crippen LogP contribution in [-0.4, -0.2) is 33.5 Å². The molecule has 4 rings (SSSR count). The highest BCUT2D eigenvalue weighted by molar-refractivity contribution is 5.93. The van der Waals surface area contributed by atoms with Crippen molar-refractivity contribution >= 4 is 5.91 Å². The van der Waals surface area contributed by atoms with Crippen LogP contribution in [0.1, 0.15) is 50.5 Å². The molecule has 0 radical (unpaired) electrons. The van der Waals surface area contributed by atoms with E-state index in [1.165, 1.54) is 6.42 Å². The topological polar surface area (TPSA) is 59.2 Å². The van der Waals surface area contributed by atoms with Gasteiger partial charge < -0.3 is 9.42 Å². The number of rotatable bonds is 2. The number of carbonyl (C=O) groups excluding carboxylic acids is 1. The lowest BCUT2D eigenvalue weighted by Crippen LogP contribution is -2.37. The monoisotopic (exact) mass is 325 g/mol. The predicted molar refractivity (Wildman–Crippen MR) is 90.3 cm³/mol. The molecular formula is C19H23N3O2. The zero-order valence-electron chi connectivity index (χ0n) is 14.5. The summed E-state index contributed by atoms with van der Waals surface area (Å²) in [7, 11) is 0. The van der Waals surface area contributed by atoms with Crippen molar-refractivity contribution in [3.8, 4) is 11.3 Å². The Hall–Kier alpha value is -2.17. The van der Waals surface area contributed by atoms with Gasteiger partial charge in [-0.1, -0.05) is 25.9 Å². The van der Waals surface area contributed by atoms with Gasteiger partial charge >= 0.3 is 0 Å². The molecule has 24 heavy (non-hydrogen) atoms. The molecule has 0 N–H and O–H groups in total. The number of amides is 1. The molecule has 2 aromatic heterocycles. The Labute approximate surface area is 142 Å². The highest BCUT2D eigenvalue weighted by Crippen LogP contribution is 2.52. The van der Waals surface area contributed by atoms with Gasteiger partial charge in [0.1, 0.15) is 0 Å². The van der Waals surface area contributed by atoms with E-state index in [-0.39, 0.29) is 16.7 Å². The van der Waals surface area contributed by atoms with Crippen molar-refractivity contribution in [3.63, 3.8) is 0 Å². The molecule has 1 saturated heterocycles. The van der Waals surface area contributed by atoms with Crippen LogP contribution in [0.4, 0.5) is 0 Å². The van der Waals surface area contributed by atoms with Crippen LogP contribution in [0.3, 0.4) is 0 Å². The number of carbonyl (C=O) groups is 1. The normalized spacial score (nSPS) is 28.1. The van der Waals surface area contributed by atoms with E-state index in [1.54, 1.807) is 18.5 Å². The van der Waals surface area contributed by atoms with Crippen LogP contribution < -0.4 is 0 Å². The maximum atomic E-state index is 13.0. The molecule has 2 aliphatic rings. The van der Waals surface area contributed by atoms with Gasteiger partial charge in [-0.2, -0.15) is 0 Å². The van der Waals surface area contributed by atoms with Crippen LogP contribution in [-0.2, 0) is 0 Å². The van der Waals surface area contributed by atoms with E-state index >= 15 is 0 Å². The molecule has 0 spiro atoms. The van der Waals surface area contributed by atoms with Crippen molar-refractivity contribution in [2.45, 2.75) is 46.1 Å². The van der Waals surface area contributed by atoms with E-state index < -0.39 is 0 Å². The third kappa shape index (κ3) is 2.62. The first-order valence-electron chi connectivity index (χ1n) is 8.53. The van der Waals surface area contributed by atoms with Gasteiger partial charge in [-0.25, -0.2) is 0 Å². The molecule has 2 unspecified atom stereocenters. The summed E-state index contributed by atoms with van der Waals surface area (Å²) in [5, 5.41) is 4.02. The minimum Gasteiger partial charge on any atom is -0.355 e. The van der Waals surface area contributed by atoms with Crippen molar-refractivity contribution in [2.75, 3.05) is 6.54 Å². The molecule has 3 heterocycles. The second-order valence-corrected chi connectivity index (χ2v) is 8.46. The fourth-order valence-electron chi connectivity index (χ4n) is 4.87. The summed E-state index contributed by atoms with van der Waals surface area (Å²) in [5.41, 5.74) is 1.73. The Morgan fingerprint density at radius 1 is 1.33 bits per heavy atom. The van der Waals surface area contributed by atoms with Gasteiger partial charge in [0.2, 0.25) is 0 Å². The first-order valence-corrected chi connectivity index (χ1v) is 8.53. The highest BCUT2D eigenvalue weighted by atomic mass is 16.5. The fraction of sp³-hybridized carbons (Fsp3) is 0.526. The zero-order valence-corrected chi connectivity index (χ0v) is 14.5. The third-order valence-corrected chi connectivity index (χ3v) is 5.35. The Kier molecular flexibility index (Phi) is 3.31. The fourth-order valence-corrected chi connectivity index (χ4v) is 4.87. The van der Waals surface area contributed by atoms with Crippen LogP contribution in [0, 0.1) is 10.8 Å². The van der Waals surface area contributed by atoms with Gasteiger partial charge in [0.25, 0.3) is 5.91 Å². The summed E-state index contributed by atoms with van der Waals surface area (Å²) in [4.78, 5) is 19.1. The maximum Gasteiger partial charge on any atom is 0.276 e. The third-order valence-electron chi connectivity index (χ3n) is 5.35. The molecule has 1 amide bonds. The summed E-state index contributed by atoms with van der Waals surface area (Å²) in [6.07, 6.45) is 6.73. The van der Waals surface area contributed by atoms with Crippen LogP contribution in [0.25, 0.3) is 11.3 Å². The number of hydrogen-bond acceptors (Lipinski definition) is 4. The largest absolute Gasteiger partial charge is 0.355 e. The van der Waals surface area contributed by atoms with E-state index in [9.17, 15) is 4.79 Å². The summed E-state index contributed by atoms with van der Waals surface area (Å²) in [6.45, 7) is 7.73. The molecule has 126 valence electrons. The van der Waals surface area contributed by atoms with Crippen molar-refractivity contribution < 1.29 is 9.32 Å². The van der Waals surface area contributed by atoms with Crippen molar-refractivity contribution in [1.82, 2.24) is 15.0 Å². The average Bonchev–Trinajstić information content (AvgIpc) is 3.09. The Morgan fingerprint density at radius 3 is 2.92 bits per heavy atom. The van der Waals surface area contributed by atoms with Crippen molar-refractivity contribution in [1.29, 1.82) is 0 Å². The minimum absolute atomic E-state index is 0.0136. The molecule has 5 heteroatoms. The summed E-state index contributed by atoms with van der Waals surface area (Å²) < 4.78 is 5.37. The van der Waals surface area contributed by atoms with Gasteiger partial charge in [-0.3, -0.25) is 9.78 Å². The van der Waals surface area contributed by atoms with E-state index in [1.807, 2.05) is 17.0 Å². The van der Waals surface area contributed by atoms with E-state index in [0.29, 0.717) is 17.5 Å². The van der Waals surface area contributed by atoms with E-state index in [4.69, 9.17) is 4.52 Å². The SMILES string of the molecule is CC1(C)CC2CC(C)(CN2C(=O)c2cc(-c3cccnc3)on2)C1. The maximum absolute atomic E-state index is 13.0. The van der Waals surface area contributed by atoms with Gasteiger partial charge in [-0.15, -0.1) is 0 Å². The van der Waals surface area contributed by atoms with Crippen LogP contribution in [0.2, 0.25) is 0 Å². The molecule has 1 aliphatic heterocycles. The Bertz CT molecular complexity index is 768. The Balaban J connectivity index is 1.58. The molecule has 5 nitrogen and oxygen atoms in total. The summed E-state index contributed by atoms with van der Waals surface area (Å²) in [6, 6.07) is 5.78. The van der Waals surface area contributed by atoms with Crippen LogP contribution >= 0.6 is 0 Å². The molecule has 2 bridgehead atoms. The number of aromatic nitrogens is 2. The minimum atomic E-state index is -0.0136. The second kappa shape index (κ2) is 5.16. The number of fused-ring (bicyclic) bond motifs is 2. The lowest BCUT2D eigenvalue weighted by atomic mass is 9.65. The number of pyridine rings is 1. The smallest absolute Gasteiger partial charge is 0.276 e. The molecule has 1 aliphatic carbocycles. The lowest BCUT2D eigenvalue weighted by molar-refractivity contribution is 0.0698. The zero-order chi connectivity index (χ0) is 16.9. The highest BCUT2D eigenvalue weighted by Gasteiger charge is 2.51. The summed E-state index contributed by atoms with van der Waals surface area (Å²) in [5.74, 6) is 0.570. The van der Waals surface area contributed by atoms with Crippen LogP contribution in [0.15, 0.2) is 35.1 Å². The van der Waals surface area contributed by atoms with Gasteiger partial charge in [0.15, 0.2) is 11.5 Å². The first kappa shape index (κ1) is 15.4.